The highest BCUT2D eigenvalue weighted by Crippen LogP contribution is 2.26. The second-order valence-corrected chi connectivity index (χ2v) is 10.3. The first-order valence-corrected chi connectivity index (χ1v) is 13.5. The molecule has 40 heavy (non-hydrogen) atoms. The molecule has 4 bridgehead atoms. The van der Waals surface area contributed by atoms with Gasteiger partial charge in [-0.05, 0) is 71.1 Å². The highest BCUT2D eigenvalue weighted by atomic mass is 16.5. The smallest absolute Gasteiger partial charge is 0.254 e. The average molecular weight is 536 g/mol. The minimum Gasteiger partial charge on any atom is -0.491 e. The van der Waals surface area contributed by atoms with E-state index in [-0.39, 0.29) is 36.6 Å². The molecule has 1 aliphatic heterocycles. The maximum Gasteiger partial charge on any atom is 0.254 e. The SMILES string of the molecule is C[C@H]1COc2cccc(c2)-c2cccc(c2)C(=O)N(C)[C@H](C(=O)NCc2ccc3ccccc3c2)CCC(=O)N1. The van der Waals surface area contributed by atoms with E-state index in [0.717, 1.165) is 27.5 Å². The van der Waals surface area contributed by atoms with Gasteiger partial charge in [-0.1, -0.05) is 60.7 Å². The van der Waals surface area contributed by atoms with Gasteiger partial charge in [0.15, 0.2) is 0 Å². The Labute approximate surface area is 234 Å². The van der Waals surface area contributed by atoms with Crippen LogP contribution >= 0.6 is 0 Å². The van der Waals surface area contributed by atoms with Crippen LogP contribution in [-0.2, 0) is 16.1 Å². The van der Waals surface area contributed by atoms with Crippen LogP contribution in [0.5, 0.6) is 5.75 Å². The van der Waals surface area contributed by atoms with Crippen molar-refractivity contribution in [3.8, 4) is 16.9 Å². The fourth-order valence-corrected chi connectivity index (χ4v) is 4.98. The molecular formula is C33H33N3O4. The number of likely N-dealkylation sites (N-methyl/N-ethyl adjacent to an activating group) is 1. The quantitative estimate of drug-likeness (QED) is 0.389. The topological polar surface area (TPSA) is 87.7 Å². The van der Waals surface area contributed by atoms with Gasteiger partial charge in [0.2, 0.25) is 11.8 Å². The fourth-order valence-electron chi connectivity index (χ4n) is 4.98. The van der Waals surface area contributed by atoms with Crippen LogP contribution in [0, 0.1) is 0 Å². The zero-order valence-electron chi connectivity index (χ0n) is 22.7. The monoisotopic (exact) mass is 535 g/mol. The van der Waals surface area contributed by atoms with Crippen molar-refractivity contribution in [2.75, 3.05) is 13.7 Å². The number of nitrogens with zero attached hydrogens (tertiary/aromatic N) is 1. The predicted molar refractivity (Wildman–Crippen MR) is 156 cm³/mol. The van der Waals surface area contributed by atoms with E-state index < -0.39 is 6.04 Å². The van der Waals surface area contributed by atoms with Crippen molar-refractivity contribution in [3.05, 3.63) is 102 Å². The summed E-state index contributed by atoms with van der Waals surface area (Å²) in [5.41, 5.74) is 3.19. The highest BCUT2D eigenvalue weighted by Gasteiger charge is 2.28. The number of ether oxygens (including phenoxy) is 1. The molecule has 0 aliphatic carbocycles. The molecule has 7 heteroatoms. The molecule has 204 valence electrons. The molecule has 5 rings (SSSR count). The molecule has 0 fully saturated rings. The van der Waals surface area contributed by atoms with Crippen LogP contribution in [0.1, 0.15) is 35.7 Å². The molecule has 0 saturated carbocycles. The number of nitrogens with one attached hydrogen (secondary N) is 2. The summed E-state index contributed by atoms with van der Waals surface area (Å²) >= 11 is 0. The van der Waals surface area contributed by atoms with Crippen molar-refractivity contribution >= 4 is 28.5 Å². The Bertz CT molecular complexity index is 1550. The minimum atomic E-state index is -0.829. The lowest BCUT2D eigenvalue weighted by Gasteiger charge is -2.28. The second-order valence-electron chi connectivity index (χ2n) is 10.3. The van der Waals surface area contributed by atoms with Crippen molar-refractivity contribution in [1.82, 2.24) is 15.5 Å². The number of rotatable bonds is 3. The predicted octanol–water partition coefficient (Wildman–Crippen LogP) is 4.94. The van der Waals surface area contributed by atoms with Gasteiger partial charge in [-0.3, -0.25) is 14.4 Å². The summed E-state index contributed by atoms with van der Waals surface area (Å²) in [4.78, 5) is 41.3. The van der Waals surface area contributed by atoms with E-state index in [4.69, 9.17) is 4.74 Å². The summed E-state index contributed by atoms with van der Waals surface area (Å²) in [6, 6.07) is 28.0. The van der Waals surface area contributed by atoms with Gasteiger partial charge < -0.3 is 20.3 Å². The van der Waals surface area contributed by atoms with Crippen LogP contribution in [0.4, 0.5) is 0 Å². The standard InChI is InChI=1S/C33H33N3O4/c1-22-21-40-29-12-6-10-27(19-29)26-9-5-11-28(18-26)33(39)36(2)30(15-16-31(37)35-22)32(38)34-20-23-13-14-24-7-3-4-8-25(24)17-23/h3-14,17-19,22,30H,15-16,20-21H2,1-2H3,(H,34,38)(H,35,37)/t22-,30-/m0/s1. The third-order valence-corrected chi connectivity index (χ3v) is 7.20. The summed E-state index contributed by atoms with van der Waals surface area (Å²) in [6.07, 6.45) is 0.273. The van der Waals surface area contributed by atoms with Crippen LogP contribution < -0.4 is 15.4 Å². The summed E-state index contributed by atoms with van der Waals surface area (Å²) in [5.74, 6) is -0.117. The Morgan fingerprint density at radius 3 is 2.45 bits per heavy atom. The maximum atomic E-state index is 13.6. The molecule has 4 aromatic carbocycles. The molecule has 0 saturated heterocycles. The molecule has 0 radical (unpaired) electrons. The zero-order valence-corrected chi connectivity index (χ0v) is 22.7. The summed E-state index contributed by atoms with van der Waals surface area (Å²) in [7, 11) is 1.62. The number of amides is 3. The molecule has 1 aliphatic rings. The van der Waals surface area contributed by atoms with E-state index in [2.05, 4.69) is 10.6 Å². The lowest BCUT2D eigenvalue weighted by Crippen LogP contribution is -2.48. The maximum absolute atomic E-state index is 13.6. The number of hydrogen-bond donors (Lipinski definition) is 2. The molecular weight excluding hydrogens is 502 g/mol. The first-order chi connectivity index (χ1) is 19.4. The lowest BCUT2D eigenvalue weighted by atomic mass is 10.0. The first-order valence-electron chi connectivity index (χ1n) is 13.5. The van der Waals surface area contributed by atoms with Crippen LogP contribution in [-0.4, -0.2) is 48.4 Å². The van der Waals surface area contributed by atoms with Gasteiger partial charge >= 0.3 is 0 Å². The highest BCUT2D eigenvalue weighted by molar-refractivity contribution is 5.98. The first kappa shape index (κ1) is 26.9. The van der Waals surface area contributed by atoms with Gasteiger partial charge in [0.05, 0.1) is 6.04 Å². The van der Waals surface area contributed by atoms with Crippen LogP contribution in [0.3, 0.4) is 0 Å². The van der Waals surface area contributed by atoms with E-state index in [1.807, 2.05) is 91.9 Å². The summed E-state index contributed by atoms with van der Waals surface area (Å²) < 4.78 is 5.92. The number of carbonyl (C=O) groups is 3. The Balaban J connectivity index is 1.40. The van der Waals surface area contributed by atoms with E-state index in [1.54, 1.807) is 13.1 Å². The minimum absolute atomic E-state index is 0.0888. The Hall–Kier alpha value is -4.65. The van der Waals surface area contributed by atoms with Gasteiger partial charge in [-0.2, -0.15) is 0 Å². The number of hydrogen-bond acceptors (Lipinski definition) is 4. The second kappa shape index (κ2) is 12.0. The molecule has 3 amide bonds. The summed E-state index contributed by atoms with van der Waals surface area (Å²) in [5, 5.41) is 8.14. The molecule has 0 spiro atoms. The number of carbonyl (C=O) groups excluding carboxylic acids is 3. The van der Waals surface area contributed by atoms with Crippen molar-refractivity contribution in [1.29, 1.82) is 0 Å². The van der Waals surface area contributed by atoms with Crippen LogP contribution in [0.2, 0.25) is 0 Å². The number of fused-ring (bicyclic) bond motifs is 6. The molecule has 2 atom stereocenters. The Morgan fingerprint density at radius 2 is 1.62 bits per heavy atom. The van der Waals surface area contributed by atoms with E-state index >= 15 is 0 Å². The van der Waals surface area contributed by atoms with Gasteiger partial charge in [0.25, 0.3) is 5.91 Å². The van der Waals surface area contributed by atoms with E-state index in [0.29, 0.717) is 24.5 Å². The lowest BCUT2D eigenvalue weighted by molar-refractivity contribution is -0.126. The van der Waals surface area contributed by atoms with Gasteiger partial charge in [0, 0.05) is 25.6 Å². The third-order valence-electron chi connectivity index (χ3n) is 7.20. The van der Waals surface area contributed by atoms with Gasteiger partial charge in [0.1, 0.15) is 18.4 Å². The Kier molecular flexibility index (Phi) is 8.10. The van der Waals surface area contributed by atoms with Crippen LogP contribution in [0.25, 0.3) is 21.9 Å². The van der Waals surface area contributed by atoms with Crippen molar-refractivity contribution in [2.24, 2.45) is 0 Å². The van der Waals surface area contributed by atoms with E-state index in [1.165, 1.54) is 4.90 Å². The molecule has 0 unspecified atom stereocenters. The zero-order chi connectivity index (χ0) is 28.1. The largest absolute Gasteiger partial charge is 0.491 e. The molecule has 4 aromatic rings. The third kappa shape index (κ3) is 6.31. The summed E-state index contributed by atoms with van der Waals surface area (Å²) in [6.45, 7) is 2.50. The van der Waals surface area contributed by atoms with Crippen molar-refractivity contribution < 1.29 is 19.1 Å². The Morgan fingerprint density at radius 1 is 0.900 bits per heavy atom. The molecule has 0 aromatic heterocycles. The molecule has 1 heterocycles. The average Bonchev–Trinajstić information content (AvgIpc) is 2.98. The number of benzene rings is 4. The van der Waals surface area contributed by atoms with Crippen molar-refractivity contribution in [2.45, 2.75) is 38.4 Å². The van der Waals surface area contributed by atoms with E-state index in [9.17, 15) is 14.4 Å². The van der Waals surface area contributed by atoms with Gasteiger partial charge in [-0.15, -0.1) is 0 Å². The molecule has 7 nitrogen and oxygen atoms in total. The fraction of sp³-hybridized carbons (Fsp3) is 0.242. The normalized spacial score (nSPS) is 18.1. The van der Waals surface area contributed by atoms with Crippen LogP contribution in [0.15, 0.2) is 91.0 Å². The van der Waals surface area contributed by atoms with Gasteiger partial charge in [-0.25, -0.2) is 0 Å². The van der Waals surface area contributed by atoms with Crippen molar-refractivity contribution in [3.63, 3.8) is 0 Å². The molecule has 2 N–H and O–H groups in total.